The van der Waals surface area contributed by atoms with Crippen molar-refractivity contribution in [2.45, 2.75) is 32.3 Å². The van der Waals surface area contributed by atoms with Crippen molar-refractivity contribution in [1.29, 1.82) is 0 Å². The Morgan fingerprint density at radius 1 is 1.35 bits per heavy atom. The molecule has 2 rings (SSSR count). The van der Waals surface area contributed by atoms with E-state index in [1.54, 1.807) is 17.0 Å². The van der Waals surface area contributed by atoms with Gasteiger partial charge in [-0.15, -0.1) is 0 Å². The largest absolute Gasteiger partial charge is 0.376 e. The molecule has 1 aromatic carbocycles. The molecule has 2 amide bonds. The molecule has 126 valence electrons. The molecule has 1 aromatic rings. The van der Waals surface area contributed by atoms with Crippen LogP contribution < -0.4 is 5.32 Å². The van der Waals surface area contributed by atoms with E-state index in [4.69, 9.17) is 4.74 Å². The van der Waals surface area contributed by atoms with E-state index in [-0.39, 0.29) is 30.2 Å². The molecule has 1 N–H and O–H groups in total. The lowest BCUT2D eigenvalue weighted by Gasteiger charge is -2.24. The standard InChI is InChI=1S/C17H23FN2O3/c1-13(21)20(12-16-3-2-10-23-16)9-8-19-17(22)11-14-4-6-15(18)7-5-14/h4-7,16H,2-3,8-12H2,1H3,(H,19,22). The van der Waals surface area contributed by atoms with Gasteiger partial charge in [0.05, 0.1) is 12.5 Å². The van der Waals surface area contributed by atoms with Crippen molar-refractivity contribution < 1.29 is 18.7 Å². The van der Waals surface area contributed by atoms with E-state index in [0.29, 0.717) is 19.6 Å². The molecule has 1 heterocycles. The molecule has 0 bridgehead atoms. The number of hydrogen-bond donors (Lipinski definition) is 1. The lowest BCUT2D eigenvalue weighted by molar-refractivity contribution is -0.131. The first-order valence-electron chi connectivity index (χ1n) is 7.93. The molecule has 6 heteroatoms. The van der Waals surface area contributed by atoms with Crippen LogP contribution in [-0.2, 0) is 20.7 Å². The van der Waals surface area contributed by atoms with Gasteiger partial charge in [-0.3, -0.25) is 9.59 Å². The minimum absolute atomic E-state index is 0.0201. The maximum absolute atomic E-state index is 12.8. The van der Waals surface area contributed by atoms with Crippen LogP contribution in [0.3, 0.4) is 0 Å². The van der Waals surface area contributed by atoms with Crippen LogP contribution >= 0.6 is 0 Å². The number of rotatable bonds is 7. The molecule has 1 fully saturated rings. The number of benzene rings is 1. The van der Waals surface area contributed by atoms with Gasteiger partial charge in [0, 0.05) is 33.2 Å². The average Bonchev–Trinajstić information content (AvgIpc) is 3.01. The summed E-state index contributed by atoms with van der Waals surface area (Å²) in [6.07, 6.45) is 2.31. The third-order valence-electron chi connectivity index (χ3n) is 3.88. The Balaban J connectivity index is 1.71. The van der Waals surface area contributed by atoms with Crippen LogP contribution in [0, 0.1) is 5.82 Å². The molecule has 0 radical (unpaired) electrons. The molecular formula is C17H23FN2O3. The Morgan fingerprint density at radius 2 is 2.09 bits per heavy atom. The van der Waals surface area contributed by atoms with Crippen molar-refractivity contribution in [3.05, 3.63) is 35.6 Å². The highest BCUT2D eigenvalue weighted by molar-refractivity contribution is 5.78. The van der Waals surface area contributed by atoms with E-state index in [1.165, 1.54) is 19.1 Å². The summed E-state index contributed by atoms with van der Waals surface area (Å²) in [5, 5.41) is 2.79. The van der Waals surface area contributed by atoms with Crippen LogP contribution in [0.15, 0.2) is 24.3 Å². The summed E-state index contributed by atoms with van der Waals surface area (Å²) < 4.78 is 18.3. The van der Waals surface area contributed by atoms with Crippen LogP contribution in [0.1, 0.15) is 25.3 Å². The predicted molar refractivity (Wildman–Crippen MR) is 84.3 cm³/mol. The van der Waals surface area contributed by atoms with Crippen LogP contribution in [0.5, 0.6) is 0 Å². The van der Waals surface area contributed by atoms with E-state index in [9.17, 15) is 14.0 Å². The zero-order valence-corrected chi connectivity index (χ0v) is 13.4. The van der Waals surface area contributed by atoms with Crippen molar-refractivity contribution in [1.82, 2.24) is 10.2 Å². The van der Waals surface area contributed by atoms with Crippen molar-refractivity contribution in [2.75, 3.05) is 26.2 Å². The normalized spacial score (nSPS) is 17.0. The highest BCUT2D eigenvalue weighted by Gasteiger charge is 2.20. The summed E-state index contributed by atoms with van der Waals surface area (Å²) in [6, 6.07) is 5.85. The van der Waals surface area contributed by atoms with E-state index in [2.05, 4.69) is 5.32 Å². The highest BCUT2D eigenvalue weighted by Crippen LogP contribution is 2.13. The zero-order chi connectivity index (χ0) is 16.7. The molecule has 0 aromatic heterocycles. The number of carbonyl (C=O) groups is 2. The van der Waals surface area contributed by atoms with Gasteiger partial charge in [0.15, 0.2) is 0 Å². The molecule has 1 aliphatic rings. The molecule has 0 aliphatic carbocycles. The van der Waals surface area contributed by atoms with E-state index < -0.39 is 0 Å². The molecule has 1 aliphatic heterocycles. The first-order chi connectivity index (χ1) is 11.0. The van der Waals surface area contributed by atoms with E-state index in [0.717, 1.165) is 25.0 Å². The number of halogens is 1. The maximum Gasteiger partial charge on any atom is 0.224 e. The van der Waals surface area contributed by atoms with Crippen LogP contribution in [-0.4, -0.2) is 49.1 Å². The van der Waals surface area contributed by atoms with Gasteiger partial charge in [0.2, 0.25) is 11.8 Å². The van der Waals surface area contributed by atoms with E-state index in [1.807, 2.05) is 0 Å². The molecular weight excluding hydrogens is 299 g/mol. The summed E-state index contributed by atoms with van der Waals surface area (Å²) in [7, 11) is 0. The molecule has 0 spiro atoms. The monoisotopic (exact) mass is 322 g/mol. The topological polar surface area (TPSA) is 58.6 Å². The fraction of sp³-hybridized carbons (Fsp3) is 0.529. The Kier molecular flexibility index (Phi) is 6.52. The maximum atomic E-state index is 12.8. The fourth-order valence-corrected chi connectivity index (χ4v) is 2.59. The van der Waals surface area contributed by atoms with Crippen molar-refractivity contribution in [3.8, 4) is 0 Å². The van der Waals surface area contributed by atoms with Crippen molar-refractivity contribution >= 4 is 11.8 Å². The van der Waals surface area contributed by atoms with Crippen LogP contribution in [0.4, 0.5) is 4.39 Å². The zero-order valence-electron chi connectivity index (χ0n) is 13.4. The summed E-state index contributed by atoms with van der Waals surface area (Å²) in [6.45, 7) is 3.71. The van der Waals surface area contributed by atoms with Crippen LogP contribution in [0.25, 0.3) is 0 Å². The Labute approximate surface area is 135 Å². The van der Waals surface area contributed by atoms with Gasteiger partial charge in [-0.25, -0.2) is 4.39 Å². The minimum atomic E-state index is -0.319. The van der Waals surface area contributed by atoms with Gasteiger partial charge in [0.1, 0.15) is 5.82 Å². The summed E-state index contributed by atoms with van der Waals surface area (Å²) >= 11 is 0. The third kappa shape index (κ3) is 5.98. The molecule has 0 saturated carbocycles. The predicted octanol–water partition coefficient (Wildman–Crippen LogP) is 1.51. The summed E-state index contributed by atoms with van der Waals surface area (Å²) in [4.78, 5) is 25.2. The number of amides is 2. The molecule has 23 heavy (non-hydrogen) atoms. The first kappa shape index (κ1) is 17.4. The van der Waals surface area contributed by atoms with E-state index >= 15 is 0 Å². The SMILES string of the molecule is CC(=O)N(CCNC(=O)Cc1ccc(F)cc1)CC1CCCO1. The van der Waals surface area contributed by atoms with Gasteiger partial charge < -0.3 is 15.0 Å². The Hall–Kier alpha value is -1.95. The molecule has 1 saturated heterocycles. The smallest absolute Gasteiger partial charge is 0.224 e. The average molecular weight is 322 g/mol. The molecule has 5 nitrogen and oxygen atoms in total. The third-order valence-corrected chi connectivity index (χ3v) is 3.88. The van der Waals surface area contributed by atoms with Gasteiger partial charge >= 0.3 is 0 Å². The molecule has 1 unspecified atom stereocenters. The second-order valence-corrected chi connectivity index (χ2v) is 5.75. The number of carbonyl (C=O) groups excluding carboxylic acids is 2. The number of hydrogen-bond acceptors (Lipinski definition) is 3. The summed E-state index contributed by atoms with van der Waals surface area (Å²) in [5.41, 5.74) is 0.756. The highest BCUT2D eigenvalue weighted by atomic mass is 19.1. The van der Waals surface area contributed by atoms with Crippen molar-refractivity contribution in [2.24, 2.45) is 0 Å². The van der Waals surface area contributed by atoms with Gasteiger partial charge in [-0.05, 0) is 30.5 Å². The quantitative estimate of drug-likeness (QED) is 0.828. The second kappa shape index (κ2) is 8.62. The Bertz CT molecular complexity index is 527. The van der Waals surface area contributed by atoms with Crippen molar-refractivity contribution in [3.63, 3.8) is 0 Å². The Morgan fingerprint density at radius 3 is 2.70 bits per heavy atom. The minimum Gasteiger partial charge on any atom is -0.376 e. The number of ether oxygens (including phenoxy) is 1. The second-order valence-electron chi connectivity index (χ2n) is 5.75. The number of nitrogens with zero attached hydrogens (tertiary/aromatic N) is 1. The summed E-state index contributed by atoms with van der Waals surface area (Å²) in [5.74, 6) is -0.481. The lowest BCUT2D eigenvalue weighted by Crippen LogP contribution is -2.41. The molecule has 1 atom stereocenters. The van der Waals surface area contributed by atoms with Gasteiger partial charge in [0.25, 0.3) is 0 Å². The fourth-order valence-electron chi connectivity index (χ4n) is 2.59. The van der Waals surface area contributed by atoms with Gasteiger partial charge in [-0.1, -0.05) is 12.1 Å². The first-order valence-corrected chi connectivity index (χ1v) is 7.93. The van der Waals surface area contributed by atoms with Gasteiger partial charge in [-0.2, -0.15) is 0 Å². The lowest BCUT2D eigenvalue weighted by atomic mass is 10.1. The number of nitrogens with one attached hydrogen (secondary N) is 1. The van der Waals surface area contributed by atoms with Crippen LogP contribution in [0.2, 0.25) is 0 Å².